The number of nitrogens with two attached hydrogens (primary N) is 1. The fraction of sp³-hybridized carbons (Fsp3) is 0.833. The lowest BCUT2D eigenvalue weighted by Gasteiger charge is -2.45. The molecule has 98 valence electrons. The molecule has 5 heteroatoms. The zero-order chi connectivity index (χ0) is 13.3. The molecule has 1 rings (SSSR count). The summed E-state index contributed by atoms with van der Waals surface area (Å²) in [6.45, 7) is 8.00. The largest absolute Gasteiger partial charge is 0.409 e. The van der Waals surface area contributed by atoms with E-state index in [-0.39, 0.29) is 17.3 Å². The van der Waals surface area contributed by atoms with Crippen LogP contribution < -0.4 is 11.1 Å². The van der Waals surface area contributed by atoms with Gasteiger partial charge in [0.1, 0.15) is 5.41 Å². The zero-order valence-electron chi connectivity index (χ0n) is 11.1. The second-order valence-corrected chi connectivity index (χ2v) is 5.77. The maximum Gasteiger partial charge on any atom is 0.234 e. The lowest BCUT2D eigenvalue weighted by atomic mass is 9.61. The summed E-state index contributed by atoms with van der Waals surface area (Å²) in [6, 6.07) is 0. The molecule has 0 aromatic heterocycles. The molecule has 0 unspecified atom stereocenters. The molecular weight excluding hydrogens is 218 g/mol. The topological polar surface area (TPSA) is 87.7 Å². The Morgan fingerprint density at radius 1 is 1.59 bits per heavy atom. The maximum absolute atomic E-state index is 12.3. The first-order valence-corrected chi connectivity index (χ1v) is 6.08. The molecule has 1 aliphatic carbocycles. The first-order valence-electron chi connectivity index (χ1n) is 6.08. The molecular formula is C12H23N3O2. The monoisotopic (exact) mass is 241 g/mol. The van der Waals surface area contributed by atoms with Crippen LogP contribution in [0.4, 0.5) is 0 Å². The molecule has 1 saturated carbocycles. The Balaban J connectivity index is 2.84. The van der Waals surface area contributed by atoms with Gasteiger partial charge >= 0.3 is 0 Å². The second kappa shape index (κ2) is 4.55. The minimum atomic E-state index is -0.805. The van der Waals surface area contributed by atoms with Gasteiger partial charge in [-0.2, -0.15) is 0 Å². The molecule has 4 N–H and O–H groups in total. The van der Waals surface area contributed by atoms with Crippen molar-refractivity contribution < 1.29 is 10.0 Å². The molecule has 0 spiro atoms. The fourth-order valence-corrected chi connectivity index (χ4v) is 2.25. The lowest BCUT2D eigenvalue weighted by molar-refractivity contribution is -0.134. The summed E-state index contributed by atoms with van der Waals surface area (Å²) in [4.78, 5) is 12.3. The van der Waals surface area contributed by atoms with Gasteiger partial charge in [0.2, 0.25) is 5.91 Å². The first-order chi connectivity index (χ1) is 7.77. The van der Waals surface area contributed by atoms with Crippen molar-refractivity contribution in [2.75, 3.05) is 0 Å². The summed E-state index contributed by atoms with van der Waals surface area (Å²) in [5.74, 6) is 0.337. The Kier molecular flexibility index (Phi) is 3.69. The van der Waals surface area contributed by atoms with Gasteiger partial charge in [-0.3, -0.25) is 4.79 Å². The van der Waals surface area contributed by atoms with Crippen LogP contribution in [0.25, 0.3) is 0 Å². The van der Waals surface area contributed by atoms with Crippen molar-refractivity contribution in [3.8, 4) is 0 Å². The molecule has 0 radical (unpaired) electrons. The molecule has 5 nitrogen and oxygen atoms in total. The summed E-state index contributed by atoms with van der Waals surface area (Å²) in [5, 5.41) is 14.8. The van der Waals surface area contributed by atoms with Gasteiger partial charge in [0.15, 0.2) is 5.84 Å². The van der Waals surface area contributed by atoms with Crippen LogP contribution in [0, 0.1) is 11.3 Å². The van der Waals surface area contributed by atoms with Gasteiger partial charge in [-0.1, -0.05) is 19.0 Å². The highest BCUT2D eigenvalue weighted by Crippen LogP contribution is 2.46. The molecule has 17 heavy (non-hydrogen) atoms. The Labute approximate surface area is 102 Å². The third-order valence-corrected chi connectivity index (χ3v) is 3.76. The second-order valence-electron chi connectivity index (χ2n) is 5.77. The van der Waals surface area contributed by atoms with Gasteiger partial charge in [0, 0.05) is 5.54 Å². The van der Waals surface area contributed by atoms with Crippen LogP contribution in [-0.4, -0.2) is 22.5 Å². The fourth-order valence-electron chi connectivity index (χ4n) is 2.25. The Morgan fingerprint density at radius 3 is 2.47 bits per heavy atom. The number of rotatable bonds is 4. The van der Waals surface area contributed by atoms with E-state index in [0.29, 0.717) is 18.8 Å². The SMILES string of the molecule is CCC(C)(C)NC(=O)C1(C(N)=NO)CC(C)C1. The molecule has 1 amide bonds. The van der Waals surface area contributed by atoms with Gasteiger partial charge in [0.25, 0.3) is 0 Å². The van der Waals surface area contributed by atoms with Crippen molar-refractivity contribution in [2.24, 2.45) is 22.2 Å². The molecule has 0 heterocycles. The van der Waals surface area contributed by atoms with Gasteiger partial charge in [-0.25, -0.2) is 0 Å². The molecule has 1 aliphatic rings. The van der Waals surface area contributed by atoms with Crippen LogP contribution in [0.1, 0.15) is 47.0 Å². The van der Waals surface area contributed by atoms with Crippen LogP contribution in [0.5, 0.6) is 0 Å². The van der Waals surface area contributed by atoms with Crippen LogP contribution >= 0.6 is 0 Å². The number of nitrogens with one attached hydrogen (secondary N) is 1. The molecule has 1 fully saturated rings. The van der Waals surface area contributed by atoms with E-state index in [4.69, 9.17) is 10.9 Å². The van der Waals surface area contributed by atoms with Crippen LogP contribution in [0.15, 0.2) is 5.16 Å². The number of carbonyl (C=O) groups is 1. The van der Waals surface area contributed by atoms with E-state index in [1.54, 1.807) is 0 Å². The van der Waals surface area contributed by atoms with Crippen LogP contribution in [0.3, 0.4) is 0 Å². The van der Waals surface area contributed by atoms with Crippen LogP contribution in [0.2, 0.25) is 0 Å². The standard InChI is InChI=1S/C12H23N3O2/c1-5-11(3,4)14-10(16)12(9(13)15-17)6-8(2)7-12/h8,17H,5-7H2,1-4H3,(H2,13,15)(H,14,16). The van der Waals surface area contributed by atoms with E-state index in [1.807, 2.05) is 20.8 Å². The highest BCUT2D eigenvalue weighted by Gasteiger charge is 2.52. The van der Waals surface area contributed by atoms with Crippen molar-refractivity contribution >= 4 is 11.7 Å². The third kappa shape index (κ3) is 2.53. The predicted molar refractivity (Wildman–Crippen MR) is 66.8 cm³/mol. The summed E-state index contributed by atoms with van der Waals surface area (Å²) in [6.07, 6.45) is 2.13. The van der Waals surface area contributed by atoms with Gasteiger partial charge in [-0.05, 0) is 39.0 Å². The van der Waals surface area contributed by atoms with E-state index in [1.165, 1.54) is 0 Å². The molecule has 0 aromatic rings. The average molecular weight is 241 g/mol. The number of amides is 1. The highest BCUT2D eigenvalue weighted by molar-refractivity contribution is 6.07. The van der Waals surface area contributed by atoms with Crippen molar-refractivity contribution in [1.29, 1.82) is 0 Å². The smallest absolute Gasteiger partial charge is 0.234 e. The summed E-state index contributed by atoms with van der Waals surface area (Å²) >= 11 is 0. The number of amidine groups is 1. The third-order valence-electron chi connectivity index (χ3n) is 3.76. The Bertz CT molecular complexity index is 331. The highest BCUT2D eigenvalue weighted by atomic mass is 16.4. The predicted octanol–water partition coefficient (Wildman–Crippen LogP) is 1.45. The number of carbonyl (C=O) groups excluding carboxylic acids is 1. The minimum Gasteiger partial charge on any atom is -0.409 e. The van der Waals surface area contributed by atoms with E-state index < -0.39 is 5.41 Å². The van der Waals surface area contributed by atoms with Crippen molar-refractivity contribution in [3.05, 3.63) is 0 Å². The Morgan fingerprint density at radius 2 is 2.12 bits per heavy atom. The van der Waals surface area contributed by atoms with Crippen LogP contribution in [-0.2, 0) is 4.79 Å². The molecule has 0 aliphatic heterocycles. The summed E-state index contributed by atoms with van der Waals surface area (Å²) in [7, 11) is 0. The molecule has 0 saturated heterocycles. The lowest BCUT2D eigenvalue weighted by Crippen LogP contribution is -2.60. The van der Waals surface area contributed by atoms with E-state index in [9.17, 15) is 4.79 Å². The normalized spacial score (nSPS) is 29.6. The van der Waals surface area contributed by atoms with Gasteiger partial charge in [0.05, 0.1) is 0 Å². The number of oxime groups is 1. The van der Waals surface area contributed by atoms with E-state index in [2.05, 4.69) is 17.4 Å². The number of nitrogens with zero attached hydrogens (tertiary/aromatic N) is 1. The first kappa shape index (κ1) is 13.8. The van der Waals surface area contributed by atoms with Crippen molar-refractivity contribution in [3.63, 3.8) is 0 Å². The number of hydrogen-bond donors (Lipinski definition) is 3. The average Bonchev–Trinajstić information content (AvgIpc) is 2.22. The maximum atomic E-state index is 12.3. The quantitative estimate of drug-likeness (QED) is 0.301. The van der Waals surface area contributed by atoms with Gasteiger partial charge in [-0.15, -0.1) is 0 Å². The van der Waals surface area contributed by atoms with Crippen molar-refractivity contribution in [1.82, 2.24) is 5.32 Å². The zero-order valence-corrected chi connectivity index (χ0v) is 11.1. The summed E-state index contributed by atoms with van der Waals surface area (Å²) < 4.78 is 0. The Hall–Kier alpha value is -1.26. The molecule has 0 bridgehead atoms. The van der Waals surface area contributed by atoms with E-state index >= 15 is 0 Å². The summed E-state index contributed by atoms with van der Waals surface area (Å²) in [5.41, 5.74) is 4.61. The number of hydrogen-bond acceptors (Lipinski definition) is 3. The van der Waals surface area contributed by atoms with Gasteiger partial charge < -0.3 is 16.3 Å². The minimum absolute atomic E-state index is 0.0278. The van der Waals surface area contributed by atoms with Crippen molar-refractivity contribution in [2.45, 2.75) is 52.5 Å². The molecule has 0 aromatic carbocycles. The molecule has 0 atom stereocenters. The van der Waals surface area contributed by atoms with E-state index in [0.717, 1.165) is 6.42 Å².